The first-order chi connectivity index (χ1) is 15.3. The van der Waals surface area contributed by atoms with E-state index in [0.717, 1.165) is 24.1 Å². The molecule has 0 bridgehead atoms. The van der Waals surface area contributed by atoms with Crippen LogP contribution in [0.2, 0.25) is 0 Å². The molecule has 0 spiro atoms. The highest BCUT2D eigenvalue weighted by Crippen LogP contribution is 2.23. The van der Waals surface area contributed by atoms with Crippen LogP contribution in [-0.2, 0) is 21.2 Å². The zero-order valence-corrected chi connectivity index (χ0v) is 20.4. The average Bonchev–Trinajstić information content (AvgIpc) is 2.83. The van der Waals surface area contributed by atoms with Gasteiger partial charge in [0.05, 0.1) is 10.9 Å². The molecule has 174 valence electrons. The number of nitrogens with zero attached hydrogens (tertiary/aromatic N) is 2. The minimum absolute atomic E-state index is 0.0776. The summed E-state index contributed by atoms with van der Waals surface area (Å²) in [6.07, 6.45) is 1.98. The van der Waals surface area contributed by atoms with Crippen LogP contribution in [0.25, 0.3) is 0 Å². The number of sulfonamides is 1. The molecular weight excluding hydrogens is 422 g/mol. The Morgan fingerprint density at radius 2 is 1.53 bits per heavy atom. The lowest BCUT2D eigenvalue weighted by Crippen LogP contribution is -2.53. The third-order valence-electron chi connectivity index (χ3n) is 6.53. The third-order valence-corrected chi connectivity index (χ3v) is 8.44. The minimum Gasteiger partial charge on any atom is -0.325 e. The monoisotopic (exact) mass is 457 g/mol. The maximum absolute atomic E-state index is 13.1. The van der Waals surface area contributed by atoms with Crippen LogP contribution >= 0.6 is 0 Å². The van der Waals surface area contributed by atoms with Crippen molar-refractivity contribution in [3.8, 4) is 0 Å². The number of amides is 1. The van der Waals surface area contributed by atoms with Crippen LogP contribution in [0.3, 0.4) is 0 Å². The molecule has 1 fully saturated rings. The van der Waals surface area contributed by atoms with Gasteiger partial charge in [-0.2, -0.15) is 4.31 Å². The molecule has 1 aliphatic heterocycles. The summed E-state index contributed by atoms with van der Waals surface area (Å²) < 4.78 is 27.7. The number of anilines is 1. The van der Waals surface area contributed by atoms with Crippen molar-refractivity contribution >= 4 is 21.6 Å². The number of nitrogens with one attached hydrogen (secondary N) is 1. The highest BCUT2D eigenvalue weighted by atomic mass is 32.2. The molecule has 2 aromatic carbocycles. The lowest BCUT2D eigenvalue weighted by atomic mass is 9.99. The molecule has 1 saturated heterocycles. The zero-order valence-electron chi connectivity index (χ0n) is 19.5. The third kappa shape index (κ3) is 5.57. The van der Waals surface area contributed by atoms with E-state index in [1.807, 2.05) is 48.2 Å². The SMILES string of the molecule is CCc1ccc(NC(=O)C(C)N2CCN(S(=O)(=O)c3ccc(C(C)CC)cc3)CC2)cc1. The van der Waals surface area contributed by atoms with Crippen molar-refractivity contribution in [2.24, 2.45) is 0 Å². The molecule has 3 rings (SSSR count). The van der Waals surface area contributed by atoms with Gasteiger partial charge in [-0.15, -0.1) is 0 Å². The second-order valence-electron chi connectivity index (χ2n) is 8.53. The molecule has 6 nitrogen and oxygen atoms in total. The second-order valence-corrected chi connectivity index (χ2v) is 10.5. The molecule has 0 saturated carbocycles. The van der Waals surface area contributed by atoms with Gasteiger partial charge in [0.2, 0.25) is 15.9 Å². The van der Waals surface area contributed by atoms with Gasteiger partial charge in [-0.1, -0.05) is 45.0 Å². The topological polar surface area (TPSA) is 69.7 Å². The fourth-order valence-electron chi connectivity index (χ4n) is 3.92. The molecule has 1 heterocycles. The quantitative estimate of drug-likeness (QED) is 0.648. The van der Waals surface area contributed by atoms with Crippen LogP contribution < -0.4 is 5.32 Å². The Labute approximate surface area is 192 Å². The number of hydrogen-bond acceptors (Lipinski definition) is 4. The van der Waals surface area contributed by atoms with Gasteiger partial charge < -0.3 is 5.32 Å². The standard InChI is InChI=1S/C25H35N3O3S/c1-5-19(3)22-9-13-24(14-10-22)32(30,31)28-17-15-27(16-18-28)20(4)25(29)26-23-11-7-21(6-2)8-12-23/h7-14,19-20H,5-6,15-18H2,1-4H3,(H,26,29). The molecule has 0 aromatic heterocycles. The number of hydrogen-bond donors (Lipinski definition) is 1. The van der Waals surface area contributed by atoms with E-state index in [4.69, 9.17) is 0 Å². The van der Waals surface area contributed by atoms with E-state index in [9.17, 15) is 13.2 Å². The van der Waals surface area contributed by atoms with Gasteiger partial charge in [0.15, 0.2) is 0 Å². The number of carbonyl (C=O) groups is 1. The molecule has 2 unspecified atom stereocenters. The maximum atomic E-state index is 13.1. The van der Waals surface area contributed by atoms with Crippen molar-refractivity contribution in [3.05, 3.63) is 59.7 Å². The maximum Gasteiger partial charge on any atom is 0.243 e. The molecule has 7 heteroatoms. The molecule has 2 aromatic rings. The first kappa shape index (κ1) is 24.4. The van der Waals surface area contributed by atoms with Gasteiger partial charge >= 0.3 is 0 Å². The first-order valence-electron chi connectivity index (χ1n) is 11.5. The fourth-order valence-corrected chi connectivity index (χ4v) is 5.34. The first-order valence-corrected chi connectivity index (χ1v) is 12.9. The molecular formula is C25H35N3O3S. The minimum atomic E-state index is -3.53. The molecule has 1 aliphatic rings. The van der Waals surface area contributed by atoms with Crippen LogP contribution in [-0.4, -0.2) is 55.8 Å². The lowest BCUT2D eigenvalue weighted by molar-refractivity contribution is -0.121. The van der Waals surface area contributed by atoms with Gasteiger partial charge in [-0.3, -0.25) is 9.69 Å². The van der Waals surface area contributed by atoms with E-state index in [2.05, 4.69) is 26.1 Å². The summed E-state index contributed by atoms with van der Waals surface area (Å²) >= 11 is 0. The van der Waals surface area contributed by atoms with Gasteiger partial charge in [-0.25, -0.2) is 8.42 Å². The Hall–Kier alpha value is -2.22. The summed E-state index contributed by atoms with van der Waals surface area (Å²) in [5.74, 6) is 0.332. The second kappa shape index (κ2) is 10.6. The predicted octanol–water partition coefficient (Wildman–Crippen LogP) is 4.10. The molecule has 1 N–H and O–H groups in total. The average molecular weight is 458 g/mol. The van der Waals surface area contributed by atoms with E-state index in [0.29, 0.717) is 37.0 Å². The largest absolute Gasteiger partial charge is 0.325 e. The Kier molecular flexibility index (Phi) is 8.09. The van der Waals surface area contributed by atoms with E-state index < -0.39 is 10.0 Å². The number of piperazine rings is 1. The van der Waals surface area contributed by atoms with Crippen LogP contribution in [0.4, 0.5) is 5.69 Å². The number of carbonyl (C=O) groups excluding carboxylic acids is 1. The summed E-state index contributed by atoms with van der Waals surface area (Å²) in [4.78, 5) is 15.1. The molecule has 1 amide bonds. The van der Waals surface area contributed by atoms with Gasteiger partial charge in [0.1, 0.15) is 0 Å². The normalized spacial score (nSPS) is 17.6. The Bertz CT molecular complexity index is 996. The van der Waals surface area contributed by atoms with Crippen molar-refractivity contribution in [2.75, 3.05) is 31.5 Å². The summed E-state index contributed by atoms with van der Waals surface area (Å²) in [6.45, 7) is 10.0. The van der Waals surface area contributed by atoms with Crippen LogP contribution in [0.1, 0.15) is 51.2 Å². The molecule has 32 heavy (non-hydrogen) atoms. The Morgan fingerprint density at radius 1 is 0.938 bits per heavy atom. The Balaban J connectivity index is 1.57. The van der Waals surface area contributed by atoms with Gasteiger partial charge in [-0.05, 0) is 61.1 Å². The molecule has 0 aliphatic carbocycles. The smallest absolute Gasteiger partial charge is 0.243 e. The summed E-state index contributed by atoms with van der Waals surface area (Å²) in [7, 11) is -3.53. The number of rotatable bonds is 8. The summed E-state index contributed by atoms with van der Waals surface area (Å²) in [6, 6.07) is 14.8. The van der Waals surface area contributed by atoms with Crippen LogP contribution in [0.5, 0.6) is 0 Å². The summed E-state index contributed by atoms with van der Waals surface area (Å²) in [5.41, 5.74) is 3.16. The van der Waals surface area contributed by atoms with E-state index in [1.165, 1.54) is 9.87 Å². The highest BCUT2D eigenvalue weighted by molar-refractivity contribution is 7.89. The summed E-state index contributed by atoms with van der Waals surface area (Å²) in [5, 5.41) is 2.96. The van der Waals surface area contributed by atoms with Crippen molar-refractivity contribution in [1.29, 1.82) is 0 Å². The predicted molar refractivity (Wildman–Crippen MR) is 129 cm³/mol. The molecule has 0 radical (unpaired) electrons. The zero-order chi connectivity index (χ0) is 23.3. The lowest BCUT2D eigenvalue weighted by Gasteiger charge is -2.36. The van der Waals surface area contributed by atoms with Crippen LogP contribution in [0, 0.1) is 0 Å². The number of benzene rings is 2. The number of aryl methyl sites for hydroxylation is 1. The van der Waals surface area contributed by atoms with Crippen molar-refractivity contribution < 1.29 is 13.2 Å². The van der Waals surface area contributed by atoms with Gasteiger partial charge in [0, 0.05) is 31.9 Å². The Morgan fingerprint density at radius 3 is 2.06 bits per heavy atom. The van der Waals surface area contributed by atoms with Crippen molar-refractivity contribution in [1.82, 2.24) is 9.21 Å². The van der Waals surface area contributed by atoms with Crippen molar-refractivity contribution in [3.63, 3.8) is 0 Å². The fraction of sp³-hybridized carbons (Fsp3) is 0.480. The molecule has 2 atom stereocenters. The van der Waals surface area contributed by atoms with Crippen LogP contribution in [0.15, 0.2) is 53.4 Å². The van der Waals surface area contributed by atoms with Gasteiger partial charge in [0.25, 0.3) is 0 Å². The van der Waals surface area contributed by atoms with E-state index in [-0.39, 0.29) is 11.9 Å². The van der Waals surface area contributed by atoms with Crippen molar-refractivity contribution in [2.45, 2.75) is 57.4 Å². The van der Waals surface area contributed by atoms with E-state index in [1.54, 1.807) is 12.1 Å². The van der Waals surface area contributed by atoms with E-state index >= 15 is 0 Å². The highest BCUT2D eigenvalue weighted by Gasteiger charge is 2.31.